The van der Waals surface area contributed by atoms with Gasteiger partial charge in [0.2, 0.25) is 0 Å². The first-order valence-electron chi connectivity index (χ1n) is 11.0. The number of hydrogen-bond donors (Lipinski definition) is 3. The van der Waals surface area contributed by atoms with Crippen molar-refractivity contribution in [1.82, 2.24) is 4.68 Å². The molecule has 0 fully saturated rings. The number of aryl methyl sites for hydroxylation is 1. The number of amides is 3. The molecular weight excluding hydrogens is 503 g/mol. The van der Waals surface area contributed by atoms with Crippen molar-refractivity contribution in [2.45, 2.75) is 13.3 Å². The van der Waals surface area contributed by atoms with E-state index in [0.29, 0.717) is 33.0 Å². The van der Waals surface area contributed by atoms with E-state index in [2.05, 4.69) is 16.1 Å². The number of methoxy groups -OCH3 is 1. The number of halogens is 2. The number of hydrogen-bond acceptors (Lipinski definition) is 4. The Morgan fingerprint density at radius 1 is 0.917 bits per heavy atom. The summed E-state index contributed by atoms with van der Waals surface area (Å²) in [5.74, 6) is -2.06. The maximum Gasteiger partial charge on any atom is 0.328 e. The third-order valence-corrected chi connectivity index (χ3v) is 6.01. The molecule has 0 saturated heterocycles. The number of carbonyl (C=O) groups is 3. The standard InChI is InChI=1S/C26H22Cl2N4O4/c1-3-15-7-10-18(11-8-15)29-25(34)26(35)31-32-21(13-16-5-4-6-22(36-2)23(16)32)24(33)30-20-12-9-17(27)14-19(20)28/h4-14H,3H2,1-2H3,(H,29,34)(H,30,33)(H,31,35). The first kappa shape index (κ1) is 25.1. The minimum Gasteiger partial charge on any atom is -0.494 e. The predicted molar refractivity (Wildman–Crippen MR) is 142 cm³/mol. The van der Waals surface area contributed by atoms with Crippen molar-refractivity contribution >= 4 is 63.2 Å². The average Bonchev–Trinajstić information content (AvgIpc) is 3.24. The number of benzene rings is 3. The summed E-state index contributed by atoms with van der Waals surface area (Å²) in [6, 6.07) is 18.5. The second-order valence-corrected chi connectivity index (χ2v) is 8.63. The van der Waals surface area contributed by atoms with Crippen LogP contribution in [0, 0.1) is 0 Å². The third kappa shape index (κ3) is 5.30. The molecule has 36 heavy (non-hydrogen) atoms. The first-order valence-corrected chi connectivity index (χ1v) is 11.7. The Bertz CT molecular complexity index is 1470. The number of carbonyl (C=O) groups excluding carboxylic acids is 3. The van der Waals surface area contributed by atoms with Crippen LogP contribution in [-0.2, 0) is 16.0 Å². The average molecular weight is 525 g/mol. The Morgan fingerprint density at radius 2 is 1.67 bits per heavy atom. The minimum absolute atomic E-state index is 0.0500. The normalized spacial score (nSPS) is 10.7. The number of aromatic nitrogens is 1. The molecule has 0 saturated carbocycles. The van der Waals surface area contributed by atoms with Crippen LogP contribution in [0.4, 0.5) is 11.4 Å². The number of para-hydroxylation sites is 1. The zero-order valence-corrected chi connectivity index (χ0v) is 20.9. The molecule has 0 atom stereocenters. The molecule has 0 aliphatic rings. The number of anilines is 2. The van der Waals surface area contributed by atoms with Gasteiger partial charge in [0.15, 0.2) is 0 Å². The Hall–Kier alpha value is -4.01. The fourth-order valence-corrected chi connectivity index (χ4v) is 4.07. The molecule has 0 radical (unpaired) electrons. The zero-order chi connectivity index (χ0) is 25.8. The van der Waals surface area contributed by atoms with Gasteiger partial charge in [0.1, 0.15) is 17.0 Å². The molecule has 1 heterocycles. The Kier molecular flexibility index (Phi) is 7.47. The molecule has 0 aliphatic carbocycles. The Morgan fingerprint density at radius 3 is 2.33 bits per heavy atom. The van der Waals surface area contributed by atoms with Crippen molar-refractivity contribution < 1.29 is 19.1 Å². The number of nitrogens with one attached hydrogen (secondary N) is 3. The van der Waals surface area contributed by atoms with Gasteiger partial charge >= 0.3 is 11.8 Å². The summed E-state index contributed by atoms with van der Waals surface area (Å²) in [6.07, 6.45) is 0.851. The fourth-order valence-electron chi connectivity index (χ4n) is 3.62. The summed E-state index contributed by atoms with van der Waals surface area (Å²) in [6.45, 7) is 2.02. The number of nitrogens with zero attached hydrogens (tertiary/aromatic N) is 1. The molecular formula is C26H22Cl2N4O4. The number of rotatable bonds is 6. The largest absolute Gasteiger partial charge is 0.494 e. The highest BCUT2D eigenvalue weighted by Crippen LogP contribution is 2.30. The molecule has 8 nitrogen and oxygen atoms in total. The van der Waals surface area contributed by atoms with E-state index in [4.69, 9.17) is 27.9 Å². The van der Waals surface area contributed by atoms with Gasteiger partial charge in [-0.2, -0.15) is 0 Å². The van der Waals surface area contributed by atoms with Crippen molar-refractivity contribution in [2.24, 2.45) is 0 Å². The van der Waals surface area contributed by atoms with Crippen molar-refractivity contribution in [3.8, 4) is 5.75 Å². The molecule has 4 rings (SSSR count). The van der Waals surface area contributed by atoms with Crippen molar-refractivity contribution in [3.63, 3.8) is 0 Å². The van der Waals surface area contributed by atoms with Crippen molar-refractivity contribution in [3.05, 3.63) is 88.0 Å². The highest BCUT2D eigenvalue weighted by atomic mass is 35.5. The maximum absolute atomic E-state index is 13.2. The number of fused-ring (bicyclic) bond motifs is 1. The van der Waals surface area contributed by atoms with Gasteiger partial charge in [-0.05, 0) is 54.4 Å². The highest BCUT2D eigenvalue weighted by molar-refractivity contribution is 6.42. The second kappa shape index (κ2) is 10.7. The summed E-state index contributed by atoms with van der Waals surface area (Å²) in [5, 5.41) is 6.53. The van der Waals surface area contributed by atoms with Crippen molar-refractivity contribution in [2.75, 3.05) is 23.2 Å². The van der Waals surface area contributed by atoms with Crippen LogP contribution in [0.3, 0.4) is 0 Å². The van der Waals surface area contributed by atoms with Gasteiger partial charge in [0.25, 0.3) is 5.91 Å². The van der Waals surface area contributed by atoms with E-state index in [-0.39, 0.29) is 10.7 Å². The van der Waals surface area contributed by atoms with Gasteiger partial charge < -0.3 is 15.4 Å². The fraction of sp³-hybridized carbons (Fsp3) is 0.115. The zero-order valence-electron chi connectivity index (χ0n) is 19.4. The molecule has 10 heteroatoms. The molecule has 0 bridgehead atoms. The van der Waals surface area contributed by atoms with Crippen LogP contribution in [0.15, 0.2) is 66.7 Å². The van der Waals surface area contributed by atoms with Gasteiger partial charge in [-0.3, -0.25) is 19.8 Å². The van der Waals surface area contributed by atoms with Crippen LogP contribution in [0.5, 0.6) is 5.75 Å². The van der Waals surface area contributed by atoms with E-state index in [1.54, 1.807) is 48.5 Å². The van der Waals surface area contributed by atoms with Crippen LogP contribution >= 0.6 is 23.2 Å². The summed E-state index contributed by atoms with van der Waals surface area (Å²) >= 11 is 12.1. The Balaban J connectivity index is 1.65. The maximum atomic E-state index is 13.2. The lowest BCUT2D eigenvalue weighted by Crippen LogP contribution is -2.36. The van der Waals surface area contributed by atoms with E-state index >= 15 is 0 Å². The van der Waals surface area contributed by atoms with Gasteiger partial charge in [-0.15, -0.1) is 0 Å². The van der Waals surface area contributed by atoms with Crippen LogP contribution in [0.2, 0.25) is 10.0 Å². The topological polar surface area (TPSA) is 101 Å². The molecule has 0 unspecified atom stereocenters. The smallest absolute Gasteiger partial charge is 0.328 e. The summed E-state index contributed by atoms with van der Waals surface area (Å²) < 4.78 is 6.65. The SMILES string of the molecule is CCc1ccc(NC(=O)C(=O)Nn2c(C(=O)Nc3ccc(Cl)cc3Cl)cc3cccc(OC)c32)cc1. The van der Waals surface area contributed by atoms with E-state index in [1.807, 2.05) is 19.1 Å². The summed E-state index contributed by atoms with van der Waals surface area (Å²) in [7, 11) is 1.47. The molecule has 3 N–H and O–H groups in total. The quantitative estimate of drug-likeness (QED) is 0.290. The van der Waals surface area contributed by atoms with Crippen LogP contribution in [0.25, 0.3) is 10.9 Å². The lowest BCUT2D eigenvalue weighted by molar-refractivity contribution is -0.133. The minimum atomic E-state index is -0.975. The van der Waals surface area contributed by atoms with E-state index in [1.165, 1.54) is 17.9 Å². The monoisotopic (exact) mass is 524 g/mol. The van der Waals surface area contributed by atoms with Gasteiger partial charge in [-0.1, -0.05) is 54.4 Å². The predicted octanol–water partition coefficient (Wildman–Crippen LogP) is 5.48. The molecule has 3 amide bonds. The second-order valence-electron chi connectivity index (χ2n) is 7.79. The summed E-state index contributed by atoms with van der Waals surface area (Å²) in [5.41, 5.74) is 4.86. The van der Waals surface area contributed by atoms with E-state index < -0.39 is 17.7 Å². The molecule has 184 valence electrons. The van der Waals surface area contributed by atoms with E-state index in [0.717, 1.165) is 12.0 Å². The highest BCUT2D eigenvalue weighted by Gasteiger charge is 2.23. The molecule has 3 aromatic carbocycles. The van der Waals surface area contributed by atoms with Crippen LogP contribution < -0.4 is 20.8 Å². The third-order valence-electron chi connectivity index (χ3n) is 5.46. The van der Waals surface area contributed by atoms with Crippen molar-refractivity contribution in [1.29, 1.82) is 0 Å². The van der Waals surface area contributed by atoms with E-state index in [9.17, 15) is 14.4 Å². The number of ether oxygens (including phenoxy) is 1. The first-order chi connectivity index (χ1) is 17.3. The lowest BCUT2D eigenvalue weighted by atomic mass is 10.1. The van der Waals surface area contributed by atoms with Crippen LogP contribution in [-0.4, -0.2) is 29.5 Å². The summed E-state index contributed by atoms with van der Waals surface area (Å²) in [4.78, 5) is 38.7. The van der Waals surface area contributed by atoms with Gasteiger partial charge in [0, 0.05) is 16.1 Å². The molecule has 0 spiro atoms. The van der Waals surface area contributed by atoms with Gasteiger partial charge in [0.05, 0.1) is 17.8 Å². The van der Waals surface area contributed by atoms with Crippen LogP contribution in [0.1, 0.15) is 23.0 Å². The van der Waals surface area contributed by atoms with Gasteiger partial charge in [-0.25, -0.2) is 4.68 Å². The Labute approximate surface area is 217 Å². The molecule has 4 aromatic rings. The lowest BCUT2D eigenvalue weighted by Gasteiger charge is -2.14. The molecule has 0 aliphatic heterocycles. The molecule has 1 aromatic heterocycles.